The second kappa shape index (κ2) is 6.18. The lowest BCUT2D eigenvalue weighted by Gasteiger charge is -2.43. The monoisotopic (exact) mass is 412 g/mol. The number of rotatable bonds is 1. The fourth-order valence-electron chi connectivity index (χ4n) is 6.36. The van der Waals surface area contributed by atoms with Crippen molar-refractivity contribution in [2.45, 2.75) is 65.8 Å². The lowest BCUT2D eigenvalue weighted by Crippen LogP contribution is -2.31. The molecule has 0 bridgehead atoms. The summed E-state index contributed by atoms with van der Waals surface area (Å²) in [5.41, 5.74) is 12.8. The zero-order valence-corrected chi connectivity index (χ0v) is 18.8. The smallest absolute Gasteiger partial charge is 0.128 e. The minimum absolute atomic E-state index is 0.0279. The summed E-state index contributed by atoms with van der Waals surface area (Å²) in [6.45, 7) is 16.3. The Morgan fingerprint density at radius 1 is 1.13 bits per heavy atom. The van der Waals surface area contributed by atoms with Crippen LogP contribution in [0.4, 0.5) is 4.39 Å². The average Bonchev–Trinajstić information content (AvgIpc) is 3.14. The fourth-order valence-corrected chi connectivity index (χ4v) is 6.36. The number of nitrogens with zero attached hydrogens (tertiary/aromatic N) is 2. The van der Waals surface area contributed by atoms with Crippen LogP contribution in [0.1, 0.15) is 67.5 Å². The largest absolute Gasteiger partial charge is 0.335 e. The summed E-state index contributed by atoms with van der Waals surface area (Å²) < 4.78 is 14.7. The number of hydrogen-bond donors (Lipinski definition) is 0. The molecule has 3 heterocycles. The lowest BCUT2D eigenvalue weighted by molar-refractivity contribution is 0.413. The van der Waals surface area contributed by atoms with Crippen LogP contribution in [0.5, 0.6) is 0 Å². The first-order valence-corrected chi connectivity index (χ1v) is 11.6. The molecule has 0 saturated heterocycles. The summed E-state index contributed by atoms with van der Waals surface area (Å²) in [7, 11) is 0. The molecule has 2 aliphatic heterocycles. The van der Waals surface area contributed by atoms with Crippen LogP contribution in [0.2, 0.25) is 0 Å². The first kappa shape index (κ1) is 19.0. The van der Waals surface area contributed by atoms with Crippen LogP contribution in [0.15, 0.2) is 47.7 Å². The van der Waals surface area contributed by atoms with Gasteiger partial charge < -0.3 is 4.90 Å². The number of hydrogen-bond acceptors (Lipinski definition) is 2. The van der Waals surface area contributed by atoms with E-state index in [4.69, 9.17) is 4.98 Å². The Morgan fingerprint density at radius 2 is 1.90 bits per heavy atom. The summed E-state index contributed by atoms with van der Waals surface area (Å²) >= 11 is 0. The van der Waals surface area contributed by atoms with Gasteiger partial charge in [-0.15, -0.1) is 0 Å². The van der Waals surface area contributed by atoms with Crippen LogP contribution < -0.4 is 0 Å². The predicted octanol–water partition coefficient (Wildman–Crippen LogP) is 6.92. The summed E-state index contributed by atoms with van der Waals surface area (Å²) in [5, 5.41) is 1.21. The molecule has 0 radical (unpaired) electrons. The molecule has 2 aromatic rings. The average molecular weight is 413 g/mol. The Kier molecular flexibility index (Phi) is 3.80. The Hall–Kier alpha value is -2.68. The van der Waals surface area contributed by atoms with Crippen LogP contribution in [0, 0.1) is 18.2 Å². The molecule has 4 aliphatic rings. The first-order valence-electron chi connectivity index (χ1n) is 11.6. The van der Waals surface area contributed by atoms with Gasteiger partial charge in [0.05, 0.1) is 23.5 Å². The standard InChI is InChI=1S/C28H29FN2/c1-6-28(5)15(2)10-11-19-17(4)31-14-21-20-9-7-8-18-16(3)23(29)13-24(26(18)20)30-27(21)25(31)12-22(19)28/h12-13H,2,4,6-11,14H2,1,3,5H3/t28-/m0/s1. The van der Waals surface area contributed by atoms with E-state index < -0.39 is 0 Å². The molecule has 158 valence electrons. The lowest BCUT2D eigenvalue weighted by atomic mass is 9.65. The van der Waals surface area contributed by atoms with Crippen molar-refractivity contribution in [2.24, 2.45) is 5.41 Å². The number of pyridine rings is 1. The minimum atomic E-state index is -0.133. The van der Waals surface area contributed by atoms with E-state index in [1.54, 1.807) is 6.07 Å². The molecule has 0 amide bonds. The second-order valence-corrected chi connectivity index (χ2v) is 9.87. The Balaban J connectivity index is 1.63. The fraction of sp³-hybridized carbons (Fsp3) is 0.393. The summed E-state index contributed by atoms with van der Waals surface area (Å²) in [4.78, 5) is 7.43. The highest BCUT2D eigenvalue weighted by Crippen LogP contribution is 2.54. The maximum Gasteiger partial charge on any atom is 0.128 e. The van der Waals surface area contributed by atoms with Gasteiger partial charge in [0.1, 0.15) is 5.82 Å². The highest BCUT2D eigenvalue weighted by Gasteiger charge is 2.42. The number of allylic oxidation sites excluding steroid dienone is 4. The molecular formula is C28H29FN2. The molecule has 1 atom stereocenters. The van der Waals surface area contributed by atoms with Crippen LogP contribution >= 0.6 is 0 Å². The van der Waals surface area contributed by atoms with Gasteiger partial charge in [-0.05, 0) is 79.4 Å². The third-order valence-electron chi connectivity index (χ3n) is 8.56. The van der Waals surface area contributed by atoms with Gasteiger partial charge in [-0.25, -0.2) is 9.37 Å². The van der Waals surface area contributed by atoms with E-state index in [0.717, 1.165) is 78.8 Å². The van der Waals surface area contributed by atoms with E-state index in [9.17, 15) is 4.39 Å². The molecule has 6 rings (SSSR count). The highest BCUT2D eigenvalue weighted by molar-refractivity contribution is 5.92. The van der Waals surface area contributed by atoms with Gasteiger partial charge in [0.2, 0.25) is 0 Å². The zero-order valence-electron chi connectivity index (χ0n) is 18.8. The van der Waals surface area contributed by atoms with E-state index in [1.807, 2.05) is 6.92 Å². The van der Waals surface area contributed by atoms with Gasteiger partial charge in [-0.3, -0.25) is 0 Å². The highest BCUT2D eigenvalue weighted by atomic mass is 19.1. The summed E-state index contributed by atoms with van der Waals surface area (Å²) in [5.74, 6) is -0.133. The molecule has 1 aromatic carbocycles. The van der Waals surface area contributed by atoms with Crippen molar-refractivity contribution in [3.05, 3.63) is 81.5 Å². The number of fused-ring (bicyclic) bond motifs is 4. The van der Waals surface area contributed by atoms with Crippen LogP contribution in [-0.2, 0) is 19.4 Å². The Labute approximate surface area is 183 Å². The molecule has 0 N–H and O–H groups in total. The molecule has 0 fully saturated rings. The molecule has 2 nitrogen and oxygen atoms in total. The van der Waals surface area contributed by atoms with E-state index in [0.29, 0.717) is 0 Å². The normalized spacial score (nSPS) is 24.4. The van der Waals surface area contributed by atoms with Gasteiger partial charge in [-0.1, -0.05) is 32.6 Å². The Bertz CT molecular complexity index is 1290. The van der Waals surface area contributed by atoms with Crippen molar-refractivity contribution in [3.8, 4) is 0 Å². The molecule has 1 aromatic heterocycles. The van der Waals surface area contributed by atoms with Crippen LogP contribution in [0.25, 0.3) is 16.6 Å². The van der Waals surface area contributed by atoms with E-state index >= 15 is 0 Å². The van der Waals surface area contributed by atoms with Crippen molar-refractivity contribution in [2.75, 3.05) is 0 Å². The van der Waals surface area contributed by atoms with Gasteiger partial charge in [0, 0.05) is 28.1 Å². The van der Waals surface area contributed by atoms with Crippen molar-refractivity contribution < 1.29 is 4.39 Å². The maximum absolute atomic E-state index is 14.7. The van der Waals surface area contributed by atoms with E-state index in [-0.39, 0.29) is 11.2 Å². The number of aromatic nitrogens is 1. The first-order chi connectivity index (χ1) is 14.8. The molecule has 31 heavy (non-hydrogen) atoms. The molecule has 0 unspecified atom stereocenters. The van der Waals surface area contributed by atoms with E-state index in [2.05, 4.69) is 38.0 Å². The van der Waals surface area contributed by atoms with Gasteiger partial charge in [0.15, 0.2) is 0 Å². The molecule has 3 heteroatoms. The van der Waals surface area contributed by atoms with Gasteiger partial charge >= 0.3 is 0 Å². The third kappa shape index (κ3) is 2.30. The minimum Gasteiger partial charge on any atom is -0.335 e. The third-order valence-corrected chi connectivity index (χ3v) is 8.56. The molecule has 0 spiro atoms. The molecule has 0 saturated carbocycles. The maximum atomic E-state index is 14.7. The van der Waals surface area contributed by atoms with Gasteiger partial charge in [-0.2, -0.15) is 0 Å². The van der Waals surface area contributed by atoms with E-state index in [1.165, 1.54) is 33.2 Å². The van der Waals surface area contributed by atoms with Crippen LogP contribution in [0.3, 0.4) is 0 Å². The second-order valence-electron chi connectivity index (χ2n) is 9.87. The SMILES string of the molecule is C=C1C2=C(C=C3c4nc5cc(F)c(C)c6c5c(c4CN13)CCC6)[C@@](C)(CC)C(=C)CC2. The Morgan fingerprint density at radius 3 is 2.68 bits per heavy atom. The predicted molar refractivity (Wildman–Crippen MR) is 125 cm³/mol. The van der Waals surface area contributed by atoms with Crippen molar-refractivity contribution in [3.63, 3.8) is 0 Å². The molecular weight excluding hydrogens is 383 g/mol. The van der Waals surface area contributed by atoms with Crippen molar-refractivity contribution >= 4 is 16.6 Å². The topological polar surface area (TPSA) is 16.1 Å². The van der Waals surface area contributed by atoms with Crippen molar-refractivity contribution in [1.29, 1.82) is 0 Å². The van der Waals surface area contributed by atoms with Crippen LogP contribution in [-0.4, -0.2) is 9.88 Å². The number of benzene rings is 1. The molecule has 2 aliphatic carbocycles. The number of aryl methyl sites for hydroxylation is 2. The zero-order chi connectivity index (χ0) is 21.7. The van der Waals surface area contributed by atoms with Gasteiger partial charge in [0.25, 0.3) is 0 Å². The summed E-state index contributed by atoms with van der Waals surface area (Å²) in [6, 6.07) is 1.65. The quantitative estimate of drug-likeness (QED) is 0.473. The number of halogens is 1. The summed E-state index contributed by atoms with van der Waals surface area (Å²) in [6.07, 6.45) is 8.48. The van der Waals surface area contributed by atoms with Crippen molar-refractivity contribution in [1.82, 2.24) is 9.88 Å².